The lowest BCUT2D eigenvalue weighted by Gasteiger charge is -2.40. The fourth-order valence-electron chi connectivity index (χ4n) is 3.16. The molecule has 1 aliphatic rings. The van der Waals surface area contributed by atoms with Gasteiger partial charge in [-0.3, -0.25) is 4.79 Å². The van der Waals surface area contributed by atoms with Crippen LogP contribution in [0.2, 0.25) is 0 Å². The number of hydrogen-bond donors (Lipinski definition) is 0. The van der Waals surface area contributed by atoms with Crippen LogP contribution in [-0.2, 0) is 11.0 Å². The fraction of sp³-hybridized carbons (Fsp3) is 0.625. The molecule has 2 aromatic heterocycles. The van der Waals surface area contributed by atoms with Crippen molar-refractivity contribution in [2.24, 2.45) is 5.92 Å². The number of anilines is 1. The van der Waals surface area contributed by atoms with E-state index in [1.165, 1.54) is 0 Å². The van der Waals surface area contributed by atoms with Crippen LogP contribution < -0.4 is 4.90 Å². The van der Waals surface area contributed by atoms with Crippen LogP contribution in [0, 0.1) is 12.8 Å². The molecule has 1 amide bonds. The van der Waals surface area contributed by atoms with Crippen LogP contribution in [0.15, 0.2) is 6.07 Å². The minimum atomic E-state index is -4.66. The van der Waals surface area contributed by atoms with Crippen LogP contribution in [0.3, 0.4) is 0 Å². The molecule has 0 saturated carbocycles. The Bertz CT molecular complexity index is 831. The van der Waals surface area contributed by atoms with Crippen molar-refractivity contribution in [2.45, 2.75) is 39.9 Å². The largest absolute Gasteiger partial charge is 0.453 e. The van der Waals surface area contributed by atoms with Gasteiger partial charge in [0, 0.05) is 31.4 Å². The minimum Gasteiger partial charge on any atom is -0.343 e. The van der Waals surface area contributed by atoms with Gasteiger partial charge in [-0.1, -0.05) is 13.8 Å². The molecule has 3 rings (SSSR count). The van der Waals surface area contributed by atoms with Gasteiger partial charge in [-0.15, -0.1) is 5.10 Å². The van der Waals surface area contributed by atoms with Crippen molar-refractivity contribution in [3.05, 3.63) is 17.6 Å². The van der Waals surface area contributed by atoms with Crippen molar-refractivity contribution in [3.8, 4) is 0 Å². The molecule has 0 aliphatic carbocycles. The van der Waals surface area contributed by atoms with Crippen molar-refractivity contribution in [2.75, 3.05) is 24.5 Å². The first-order chi connectivity index (χ1) is 12.1. The summed E-state index contributed by atoms with van der Waals surface area (Å²) in [6, 6.07) is 1.12. The third-order valence-corrected chi connectivity index (χ3v) is 4.30. The predicted octanol–water partition coefficient (Wildman–Crippen LogP) is 2.14. The summed E-state index contributed by atoms with van der Waals surface area (Å²) in [5, 5.41) is 3.58. The number of aromatic nitrogens is 4. The van der Waals surface area contributed by atoms with Gasteiger partial charge in [0.15, 0.2) is 0 Å². The third kappa shape index (κ3) is 3.32. The molecule has 0 spiro atoms. The van der Waals surface area contributed by atoms with Crippen molar-refractivity contribution in [3.63, 3.8) is 0 Å². The standard InChI is InChI=1S/C16H21F3N6O/c1-9(2)8-23-5-6-24(11(4)13(23)26)12-7-10(3)20-15-21-14(16(17,18)19)22-25(12)15/h7,9,11H,5-6,8H2,1-4H3. The minimum absolute atomic E-state index is 0.0521. The molecule has 1 saturated heterocycles. The Hall–Kier alpha value is -2.39. The monoisotopic (exact) mass is 370 g/mol. The predicted molar refractivity (Wildman–Crippen MR) is 88.7 cm³/mol. The van der Waals surface area contributed by atoms with Gasteiger partial charge in [-0.25, -0.2) is 4.98 Å². The van der Waals surface area contributed by atoms with Crippen molar-refractivity contribution >= 4 is 17.5 Å². The number of halogens is 3. The van der Waals surface area contributed by atoms with Crippen LogP contribution >= 0.6 is 0 Å². The van der Waals surface area contributed by atoms with E-state index in [4.69, 9.17) is 0 Å². The Labute approximate surface area is 148 Å². The quantitative estimate of drug-likeness (QED) is 0.828. The van der Waals surface area contributed by atoms with Gasteiger partial charge in [0.1, 0.15) is 11.9 Å². The molecule has 3 heterocycles. The summed E-state index contributed by atoms with van der Waals surface area (Å²) >= 11 is 0. The molecule has 1 fully saturated rings. The van der Waals surface area contributed by atoms with E-state index in [0.29, 0.717) is 37.1 Å². The highest BCUT2D eigenvalue weighted by molar-refractivity contribution is 5.86. The number of piperazine rings is 1. The number of alkyl halides is 3. The average Bonchev–Trinajstić information content (AvgIpc) is 2.95. The smallest absolute Gasteiger partial charge is 0.343 e. The molecule has 0 bridgehead atoms. The van der Waals surface area contributed by atoms with Gasteiger partial charge in [-0.05, 0) is 19.8 Å². The number of fused-ring (bicyclic) bond motifs is 1. The topological polar surface area (TPSA) is 66.6 Å². The lowest BCUT2D eigenvalue weighted by Crippen LogP contribution is -2.57. The number of amides is 1. The van der Waals surface area contributed by atoms with Gasteiger partial charge < -0.3 is 9.80 Å². The van der Waals surface area contributed by atoms with Gasteiger partial charge in [-0.2, -0.15) is 22.7 Å². The summed E-state index contributed by atoms with van der Waals surface area (Å²) in [5.41, 5.74) is 0.512. The van der Waals surface area contributed by atoms with E-state index in [1.807, 2.05) is 13.8 Å². The van der Waals surface area contributed by atoms with Gasteiger partial charge in [0.05, 0.1) is 0 Å². The van der Waals surface area contributed by atoms with Crippen LogP contribution in [0.25, 0.3) is 5.78 Å². The van der Waals surface area contributed by atoms with Crippen LogP contribution in [-0.4, -0.2) is 56.1 Å². The summed E-state index contributed by atoms with van der Waals surface area (Å²) in [5.74, 6) is -0.688. The number of aryl methyl sites for hydroxylation is 1. The van der Waals surface area contributed by atoms with E-state index in [1.54, 1.807) is 29.7 Å². The van der Waals surface area contributed by atoms with Gasteiger partial charge in [0.25, 0.3) is 11.6 Å². The average molecular weight is 370 g/mol. The molecule has 1 aliphatic heterocycles. The van der Waals surface area contributed by atoms with Gasteiger partial charge >= 0.3 is 6.18 Å². The maximum absolute atomic E-state index is 13.0. The summed E-state index contributed by atoms with van der Waals surface area (Å²) in [6.45, 7) is 9.15. The molecular weight excluding hydrogens is 349 g/mol. The zero-order chi connectivity index (χ0) is 19.2. The highest BCUT2D eigenvalue weighted by atomic mass is 19.4. The lowest BCUT2D eigenvalue weighted by molar-refractivity contribution is -0.144. The second kappa shape index (κ2) is 6.40. The highest BCUT2D eigenvalue weighted by Gasteiger charge is 2.38. The maximum atomic E-state index is 13.0. The first-order valence-corrected chi connectivity index (χ1v) is 8.45. The van der Waals surface area contributed by atoms with E-state index < -0.39 is 18.0 Å². The fourth-order valence-corrected chi connectivity index (χ4v) is 3.16. The SMILES string of the molecule is Cc1cc(N2CCN(CC(C)C)C(=O)C2C)n2nc(C(F)(F)F)nc2n1. The number of rotatable bonds is 3. The number of carbonyl (C=O) groups excluding carboxylic acids is 1. The first kappa shape index (κ1) is 18.4. The number of hydrogen-bond acceptors (Lipinski definition) is 5. The molecule has 0 aromatic carbocycles. The number of carbonyl (C=O) groups is 1. The van der Waals surface area contributed by atoms with E-state index in [0.717, 1.165) is 4.52 Å². The lowest BCUT2D eigenvalue weighted by atomic mass is 10.1. The van der Waals surface area contributed by atoms with E-state index >= 15 is 0 Å². The van der Waals surface area contributed by atoms with E-state index in [9.17, 15) is 18.0 Å². The Balaban J connectivity index is 2.00. The molecular formula is C16H21F3N6O. The molecule has 0 N–H and O–H groups in total. The maximum Gasteiger partial charge on any atom is 0.453 e. The van der Waals surface area contributed by atoms with Crippen molar-refractivity contribution < 1.29 is 18.0 Å². The summed E-state index contributed by atoms with van der Waals surface area (Å²) in [4.78, 5) is 23.7. The first-order valence-electron chi connectivity index (χ1n) is 8.45. The second-order valence-corrected chi connectivity index (χ2v) is 6.95. The summed E-state index contributed by atoms with van der Waals surface area (Å²) in [6.07, 6.45) is -4.66. The Morgan fingerprint density at radius 2 is 1.96 bits per heavy atom. The second-order valence-electron chi connectivity index (χ2n) is 6.95. The highest BCUT2D eigenvalue weighted by Crippen LogP contribution is 2.29. The summed E-state index contributed by atoms with van der Waals surface area (Å²) in [7, 11) is 0. The molecule has 142 valence electrons. The normalized spacial score (nSPS) is 19.1. The van der Waals surface area contributed by atoms with Crippen molar-refractivity contribution in [1.29, 1.82) is 0 Å². The van der Waals surface area contributed by atoms with Crippen molar-refractivity contribution in [1.82, 2.24) is 24.5 Å². The van der Waals surface area contributed by atoms with Crippen LogP contribution in [0.5, 0.6) is 0 Å². The Morgan fingerprint density at radius 3 is 2.58 bits per heavy atom. The molecule has 0 radical (unpaired) electrons. The molecule has 26 heavy (non-hydrogen) atoms. The zero-order valence-corrected chi connectivity index (χ0v) is 15.1. The molecule has 7 nitrogen and oxygen atoms in total. The van der Waals surface area contributed by atoms with E-state index in [2.05, 4.69) is 15.1 Å². The zero-order valence-electron chi connectivity index (χ0n) is 15.1. The summed E-state index contributed by atoms with van der Waals surface area (Å²) < 4.78 is 40.0. The van der Waals surface area contributed by atoms with E-state index in [-0.39, 0.29) is 11.7 Å². The number of nitrogens with zero attached hydrogens (tertiary/aromatic N) is 6. The Kier molecular flexibility index (Phi) is 4.53. The van der Waals surface area contributed by atoms with Gasteiger partial charge in [0.2, 0.25) is 5.91 Å². The molecule has 2 aromatic rings. The third-order valence-electron chi connectivity index (χ3n) is 4.30. The Morgan fingerprint density at radius 1 is 1.27 bits per heavy atom. The van der Waals surface area contributed by atoms with Crippen LogP contribution in [0.1, 0.15) is 32.3 Å². The van der Waals surface area contributed by atoms with Crippen LogP contribution in [0.4, 0.5) is 19.0 Å². The molecule has 1 unspecified atom stereocenters. The molecule has 10 heteroatoms. The molecule has 1 atom stereocenters.